The molecule has 5 rings (SSSR count). The van der Waals surface area contributed by atoms with Gasteiger partial charge in [0.2, 0.25) is 0 Å². The van der Waals surface area contributed by atoms with E-state index in [9.17, 15) is 4.79 Å². The normalized spacial score (nSPS) is 12.5. The molecule has 1 unspecified atom stereocenters. The molecule has 0 fully saturated rings. The molecule has 0 spiro atoms. The fourth-order valence-corrected chi connectivity index (χ4v) is 5.45. The fourth-order valence-electron chi connectivity index (χ4n) is 3.56. The SMILES string of the molecule is Cc1ccc(-c2cc(C(=O)N(C)C(C)c3nc4ccccc4s3)c3c(C)noc3n2)s1. The molecule has 1 aromatic carbocycles. The van der Waals surface area contributed by atoms with Crippen molar-refractivity contribution in [2.75, 3.05) is 7.05 Å². The number of carbonyl (C=O) groups excluding carboxylic acids is 1. The van der Waals surface area contributed by atoms with Gasteiger partial charge in [-0.15, -0.1) is 22.7 Å². The summed E-state index contributed by atoms with van der Waals surface area (Å²) in [7, 11) is 1.81. The average Bonchev–Trinajstić information content (AvgIpc) is 3.50. The molecule has 8 heteroatoms. The Labute approximate surface area is 187 Å². The Morgan fingerprint density at radius 2 is 1.90 bits per heavy atom. The Balaban J connectivity index is 1.57. The standard InChI is InChI=1S/C23H20N4O2S2/c1-12-9-10-19(30-12)17-11-15(20-13(2)26-29-21(20)24-17)23(28)27(4)14(3)22-25-16-7-5-6-8-18(16)31-22/h5-11,14H,1-4H3. The monoisotopic (exact) mass is 448 g/mol. The Kier molecular flexibility index (Phi) is 4.83. The van der Waals surface area contributed by atoms with E-state index >= 15 is 0 Å². The third-order valence-electron chi connectivity index (χ3n) is 5.41. The van der Waals surface area contributed by atoms with Gasteiger partial charge in [0.25, 0.3) is 11.6 Å². The Bertz CT molecular complexity index is 1400. The highest BCUT2D eigenvalue weighted by Gasteiger charge is 2.26. The molecule has 1 amide bonds. The molecule has 0 bridgehead atoms. The van der Waals surface area contributed by atoms with Crippen LogP contribution in [0.25, 0.3) is 31.9 Å². The lowest BCUT2D eigenvalue weighted by molar-refractivity contribution is 0.0744. The van der Waals surface area contributed by atoms with E-state index in [0.29, 0.717) is 28.1 Å². The molecule has 0 aliphatic heterocycles. The zero-order valence-corrected chi connectivity index (χ0v) is 19.2. The van der Waals surface area contributed by atoms with Crippen molar-refractivity contribution >= 4 is 49.9 Å². The van der Waals surface area contributed by atoms with Gasteiger partial charge < -0.3 is 9.42 Å². The van der Waals surface area contributed by atoms with E-state index in [0.717, 1.165) is 20.1 Å². The van der Waals surface area contributed by atoms with Crippen LogP contribution in [0.3, 0.4) is 0 Å². The van der Waals surface area contributed by atoms with Gasteiger partial charge in [-0.1, -0.05) is 17.3 Å². The van der Waals surface area contributed by atoms with Gasteiger partial charge in [-0.3, -0.25) is 4.79 Å². The van der Waals surface area contributed by atoms with Gasteiger partial charge in [-0.05, 0) is 51.1 Å². The molecule has 4 heterocycles. The number of thiophene rings is 1. The molecule has 5 aromatic rings. The van der Waals surface area contributed by atoms with E-state index in [1.54, 1.807) is 27.6 Å². The molecule has 0 aliphatic carbocycles. The van der Waals surface area contributed by atoms with E-state index in [2.05, 4.69) is 10.1 Å². The van der Waals surface area contributed by atoms with Crippen molar-refractivity contribution in [2.24, 2.45) is 0 Å². The molecule has 0 saturated carbocycles. The number of hydrogen-bond donors (Lipinski definition) is 0. The van der Waals surface area contributed by atoms with Gasteiger partial charge in [-0.25, -0.2) is 9.97 Å². The summed E-state index contributed by atoms with van der Waals surface area (Å²) in [5, 5.41) is 5.61. The van der Waals surface area contributed by atoms with Crippen LogP contribution in [0.5, 0.6) is 0 Å². The Hall–Kier alpha value is -3.10. The molecular formula is C23H20N4O2S2. The number of hydrogen-bond acceptors (Lipinski definition) is 7. The number of amides is 1. The average molecular weight is 449 g/mol. The van der Waals surface area contributed by atoms with Crippen molar-refractivity contribution in [1.29, 1.82) is 0 Å². The Morgan fingerprint density at radius 3 is 2.65 bits per heavy atom. The van der Waals surface area contributed by atoms with Crippen molar-refractivity contribution in [3.63, 3.8) is 0 Å². The van der Waals surface area contributed by atoms with Crippen LogP contribution in [0, 0.1) is 13.8 Å². The maximum Gasteiger partial charge on any atom is 0.259 e. The lowest BCUT2D eigenvalue weighted by Gasteiger charge is -2.23. The molecule has 0 N–H and O–H groups in total. The number of carbonyl (C=O) groups is 1. The number of aryl methyl sites for hydroxylation is 2. The van der Waals surface area contributed by atoms with Crippen molar-refractivity contribution in [2.45, 2.75) is 26.8 Å². The van der Waals surface area contributed by atoms with Crippen LogP contribution in [0.1, 0.15) is 38.9 Å². The molecule has 4 aromatic heterocycles. The second-order valence-corrected chi connectivity index (χ2v) is 9.88. The minimum Gasteiger partial charge on any atom is -0.335 e. The molecular weight excluding hydrogens is 428 g/mol. The summed E-state index contributed by atoms with van der Waals surface area (Å²) in [6.45, 7) is 5.87. The zero-order chi connectivity index (χ0) is 21.7. The second kappa shape index (κ2) is 7.55. The molecule has 0 saturated heterocycles. The van der Waals surface area contributed by atoms with Gasteiger partial charge in [0.1, 0.15) is 5.01 Å². The minimum absolute atomic E-state index is 0.111. The third kappa shape index (κ3) is 3.41. The number of aromatic nitrogens is 3. The summed E-state index contributed by atoms with van der Waals surface area (Å²) in [5.74, 6) is -0.111. The first-order valence-electron chi connectivity index (χ1n) is 9.89. The first-order valence-corrected chi connectivity index (χ1v) is 11.5. The zero-order valence-electron chi connectivity index (χ0n) is 17.5. The van der Waals surface area contributed by atoms with Crippen molar-refractivity contribution in [1.82, 2.24) is 20.0 Å². The largest absolute Gasteiger partial charge is 0.335 e. The lowest BCUT2D eigenvalue weighted by Crippen LogP contribution is -2.30. The van der Waals surface area contributed by atoms with Crippen LogP contribution in [0.15, 0.2) is 47.0 Å². The molecule has 1 atom stereocenters. The van der Waals surface area contributed by atoms with Crippen LogP contribution < -0.4 is 0 Å². The molecule has 156 valence electrons. The summed E-state index contributed by atoms with van der Waals surface area (Å²) < 4.78 is 6.55. The first-order chi connectivity index (χ1) is 14.9. The molecule has 0 aliphatic rings. The van der Waals surface area contributed by atoms with Crippen LogP contribution >= 0.6 is 22.7 Å². The van der Waals surface area contributed by atoms with E-state index in [4.69, 9.17) is 9.51 Å². The van der Waals surface area contributed by atoms with Crippen molar-refractivity contribution in [3.05, 3.63) is 63.6 Å². The first kappa shape index (κ1) is 19.8. The molecule has 31 heavy (non-hydrogen) atoms. The third-order valence-corrected chi connectivity index (χ3v) is 7.64. The topological polar surface area (TPSA) is 72.1 Å². The molecule has 6 nitrogen and oxygen atoms in total. The maximum atomic E-state index is 13.6. The molecule has 0 radical (unpaired) electrons. The number of thiazole rings is 1. The summed E-state index contributed by atoms with van der Waals surface area (Å²) in [6.07, 6.45) is 0. The van der Waals surface area contributed by atoms with Gasteiger partial charge in [-0.2, -0.15) is 0 Å². The van der Waals surface area contributed by atoms with Crippen LogP contribution in [-0.4, -0.2) is 33.0 Å². The van der Waals surface area contributed by atoms with Crippen molar-refractivity contribution < 1.29 is 9.32 Å². The second-order valence-electron chi connectivity index (χ2n) is 7.53. The lowest BCUT2D eigenvalue weighted by atomic mass is 10.1. The fraction of sp³-hybridized carbons (Fsp3) is 0.217. The van der Waals surface area contributed by atoms with Crippen molar-refractivity contribution in [3.8, 4) is 10.6 Å². The van der Waals surface area contributed by atoms with Gasteiger partial charge >= 0.3 is 0 Å². The number of pyridine rings is 1. The summed E-state index contributed by atoms with van der Waals surface area (Å²) >= 11 is 3.24. The summed E-state index contributed by atoms with van der Waals surface area (Å²) in [5.41, 5.74) is 3.24. The predicted octanol–water partition coefficient (Wildman–Crippen LogP) is 6.01. The Morgan fingerprint density at radius 1 is 1.10 bits per heavy atom. The van der Waals surface area contributed by atoms with Gasteiger partial charge in [0.15, 0.2) is 0 Å². The number of benzene rings is 1. The maximum absolute atomic E-state index is 13.6. The number of para-hydroxylation sites is 1. The van der Waals surface area contributed by atoms with E-state index in [1.807, 2.05) is 70.3 Å². The number of nitrogens with zero attached hydrogens (tertiary/aromatic N) is 4. The van der Waals surface area contributed by atoms with Crippen LogP contribution in [0.4, 0.5) is 0 Å². The predicted molar refractivity (Wildman–Crippen MR) is 125 cm³/mol. The number of rotatable bonds is 4. The highest BCUT2D eigenvalue weighted by molar-refractivity contribution is 7.18. The van der Waals surface area contributed by atoms with Crippen LogP contribution in [0.2, 0.25) is 0 Å². The van der Waals surface area contributed by atoms with Gasteiger partial charge in [0, 0.05) is 11.9 Å². The number of fused-ring (bicyclic) bond motifs is 2. The van der Waals surface area contributed by atoms with E-state index in [1.165, 1.54) is 4.88 Å². The van der Waals surface area contributed by atoms with Crippen LogP contribution in [-0.2, 0) is 0 Å². The smallest absolute Gasteiger partial charge is 0.259 e. The highest BCUT2D eigenvalue weighted by atomic mass is 32.1. The van der Waals surface area contributed by atoms with E-state index < -0.39 is 0 Å². The van der Waals surface area contributed by atoms with Gasteiger partial charge in [0.05, 0.1) is 43.5 Å². The minimum atomic E-state index is -0.180. The van der Waals surface area contributed by atoms with E-state index in [-0.39, 0.29) is 11.9 Å². The summed E-state index contributed by atoms with van der Waals surface area (Å²) in [4.78, 5) is 26.9. The highest BCUT2D eigenvalue weighted by Crippen LogP contribution is 2.34. The summed E-state index contributed by atoms with van der Waals surface area (Å²) in [6, 6.07) is 13.7. The quantitative estimate of drug-likeness (QED) is 0.337.